The highest BCUT2D eigenvalue weighted by atomic mass is 35.5. The van der Waals surface area contributed by atoms with Crippen molar-refractivity contribution >= 4 is 34.4 Å². The first kappa shape index (κ1) is 13.1. The Hall–Kier alpha value is -1.32. The second-order valence-electron chi connectivity index (χ2n) is 4.14. The van der Waals surface area contributed by atoms with Crippen LogP contribution in [0.3, 0.4) is 0 Å². The zero-order valence-electron chi connectivity index (χ0n) is 10.3. The van der Waals surface area contributed by atoms with Crippen molar-refractivity contribution in [3.05, 3.63) is 51.2 Å². The second-order valence-corrected chi connectivity index (χ2v) is 5.93. The standard InChI is InChI=1S/C14H14ClNOS/c1-10(17)12-5-3-4-6-13(12)16(2)9-11-7-8-14(15)18-11/h3-8H,9H2,1-2H3. The molecule has 0 fully saturated rings. The number of Topliss-reactive ketones (excluding diaryl/α,β-unsaturated/α-hetero) is 1. The molecule has 0 saturated carbocycles. The summed E-state index contributed by atoms with van der Waals surface area (Å²) in [6, 6.07) is 11.6. The lowest BCUT2D eigenvalue weighted by Gasteiger charge is -2.20. The average molecular weight is 280 g/mol. The molecule has 1 aromatic carbocycles. The first-order valence-electron chi connectivity index (χ1n) is 5.63. The maximum Gasteiger partial charge on any atom is 0.161 e. The Balaban J connectivity index is 2.23. The molecule has 0 amide bonds. The van der Waals surface area contributed by atoms with E-state index in [0.717, 1.165) is 22.1 Å². The van der Waals surface area contributed by atoms with E-state index in [1.807, 2.05) is 43.4 Å². The molecule has 1 aromatic heterocycles. The van der Waals surface area contributed by atoms with E-state index in [2.05, 4.69) is 4.90 Å². The van der Waals surface area contributed by atoms with Crippen LogP contribution in [0.25, 0.3) is 0 Å². The molecule has 94 valence electrons. The molecule has 2 aromatic rings. The maximum absolute atomic E-state index is 11.6. The van der Waals surface area contributed by atoms with Gasteiger partial charge in [0.1, 0.15) is 0 Å². The van der Waals surface area contributed by atoms with Crippen LogP contribution in [0, 0.1) is 0 Å². The first-order chi connectivity index (χ1) is 8.58. The van der Waals surface area contributed by atoms with Gasteiger partial charge in [-0.1, -0.05) is 23.7 Å². The minimum Gasteiger partial charge on any atom is -0.369 e. The van der Waals surface area contributed by atoms with Crippen molar-refractivity contribution in [3.63, 3.8) is 0 Å². The van der Waals surface area contributed by atoms with Crippen molar-refractivity contribution in [2.75, 3.05) is 11.9 Å². The lowest BCUT2D eigenvalue weighted by atomic mass is 10.1. The smallest absolute Gasteiger partial charge is 0.161 e. The molecule has 0 saturated heterocycles. The van der Waals surface area contributed by atoms with E-state index in [1.165, 1.54) is 4.88 Å². The molecule has 2 rings (SSSR count). The van der Waals surface area contributed by atoms with Gasteiger partial charge in [0.15, 0.2) is 5.78 Å². The van der Waals surface area contributed by atoms with E-state index >= 15 is 0 Å². The van der Waals surface area contributed by atoms with E-state index in [4.69, 9.17) is 11.6 Å². The van der Waals surface area contributed by atoms with Crippen molar-refractivity contribution in [1.82, 2.24) is 0 Å². The van der Waals surface area contributed by atoms with Gasteiger partial charge in [0.05, 0.1) is 10.9 Å². The number of nitrogens with zero attached hydrogens (tertiary/aromatic N) is 1. The number of thiophene rings is 1. The SMILES string of the molecule is CC(=O)c1ccccc1N(C)Cc1ccc(Cl)s1. The molecule has 4 heteroatoms. The zero-order chi connectivity index (χ0) is 13.1. The van der Waals surface area contributed by atoms with Gasteiger partial charge in [-0.15, -0.1) is 11.3 Å². The molecule has 1 heterocycles. The van der Waals surface area contributed by atoms with Crippen LogP contribution in [0.5, 0.6) is 0 Å². The van der Waals surface area contributed by atoms with E-state index in [-0.39, 0.29) is 5.78 Å². The van der Waals surface area contributed by atoms with Gasteiger partial charge in [0, 0.05) is 23.2 Å². The van der Waals surface area contributed by atoms with Crippen molar-refractivity contribution in [2.45, 2.75) is 13.5 Å². The number of para-hydroxylation sites is 1. The Morgan fingerprint density at radius 1 is 1.28 bits per heavy atom. The summed E-state index contributed by atoms with van der Waals surface area (Å²) in [5.41, 5.74) is 1.71. The Morgan fingerprint density at radius 2 is 2.00 bits per heavy atom. The van der Waals surface area contributed by atoms with Crippen molar-refractivity contribution in [2.24, 2.45) is 0 Å². The lowest BCUT2D eigenvalue weighted by Crippen LogP contribution is -2.18. The van der Waals surface area contributed by atoms with Crippen LogP contribution in [0.1, 0.15) is 22.2 Å². The third kappa shape index (κ3) is 2.92. The summed E-state index contributed by atoms with van der Waals surface area (Å²) in [5.74, 6) is 0.0849. The monoisotopic (exact) mass is 279 g/mol. The largest absolute Gasteiger partial charge is 0.369 e. The number of halogens is 1. The fourth-order valence-electron chi connectivity index (χ4n) is 1.86. The van der Waals surface area contributed by atoms with Gasteiger partial charge in [-0.25, -0.2) is 0 Å². The van der Waals surface area contributed by atoms with Crippen LogP contribution in [-0.2, 0) is 6.54 Å². The van der Waals surface area contributed by atoms with E-state index in [0.29, 0.717) is 0 Å². The second kappa shape index (κ2) is 5.55. The van der Waals surface area contributed by atoms with Crippen molar-refractivity contribution in [1.29, 1.82) is 0 Å². The molecule has 0 radical (unpaired) electrons. The van der Waals surface area contributed by atoms with Gasteiger partial charge in [-0.2, -0.15) is 0 Å². The molecular formula is C14H14ClNOS. The third-order valence-electron chi connectivity index (χ3n) is 2.72. The highest BCUT2D eigenvalue weighted by Gasteiger charge is 2.11. The van der Waals surface area contributed by atoms with Gasteiger partial charge in [-0.3, -0.25) is 4.79 Å². The number of benzene rings is 1. The Bertz CT molecular complexity index is 564. The molecule has 0 atom stereocenters. The number of carbonyl (C=O) groups is 1. The molecule has 0 spiro atoms. The van der Waals surface area contributed by atoms with Gasteiger partial charge < -0.3 is 4.90 Å². The van der Waals surface area contributed by atoms with Crippen LogP contribution >= 0.6 is 22.9 Å². The van der Waals surface area contributed by atoms with Crippen molar-refractivity contribution in [3.8, 4) is 0 Å². The molecule has 0 aliphatic carbocycles. The van der Waals surface area contributed by atoms with Gasteiger partial charge in [0.25, 0.3) is 0 Å². The van der Waals surface area contributed by atoms with Crippen LogP contribution in [0.15, 0.2) is 36.4 Å². The molecular weight excluding hydrogens is 266 g/mol. The average Bonchev–Trinajstić information content (AvgIpc) is 2.74. The summed E-state index contributed by atoms with van der Waals surface area (Å²) in [6.45, 7) is 2.34. The van der Waals surface area contributed by atoms with Crippen LogP contribution in [0.4, 0.5) is 5.69 Å². The van der Waals surface area contributed by atoms with Gasteiger partial charge in [0.2, 0.25) is 0 Å². The predicted molar refractivity (Wildman–Crippen MR) is 77.9 cm³/mol. The lowest BCUT2D eigenvalue weighted by molar-refractivity contribution is 0.101. The minimum atomic E-state index is 0.0849. The van der Waals surface area contributed by atoms with E-state index in [9.17, 15) is 4.79 Å². The normalized spacial score (nSPS) is 10.4. The number of rotatable bonds is 4. The number of anilines is 1. The molecule has 18 heavy (non-hydrogen) atoms. The summed E-state index contributed by atoms with van der Waals surface area (Å²) < 4.78 is 0.790. The van der Waals surface area contributed by atoms with E-state index in [1.54, 1.807) is 18.3 Å². The van der Waals surface area contributed by atoms with E-state index < -0.39 is 0 Å². The minimum absolute atomic E-state index is 0.0849. The van der Waals surface area contributed by atoms with Crippen LogP contribution < -0.4 is 4.90 Å². The Labute approximate surface area is 116 Å². The molecule has 0 unspecified atom stereocenters. The molecule has 0 bridgehead atoms. The number of carbonyl (C=O) groups excluding carboxylic acids is 1. The van der Waals surface area contributed by atoms with Gasteiger partial charge in [-0.05, 0) is 31.2 Å². The first-order valence-corrected chi connectivity index (χ1v) is 6.82. The molecule has 0 aliphatic rings. The molecule has 0 N–H and O–H groups in total. The molecule has 2 nitrogen and oxygen atoms in total. The quantitative estimate of drug-likeness (QED) is 0.780. The summed E-state index contributed by atoms with van der Waals surface area (Å²) in [6.07, 6.45) is 0. The van der Waals surface area contributed by atoms with Gasteiger partial charge >= 0.3 is 0 Å². The Kier molecular flexibility index (Phi) is 4.04. The van der Waals surface area contributed by atoms with Crippen molar-refractivity contribution < 1.29 is 4.79 Å². The number of hydrogen-bond acceptors (Lipinski definition) is 3. The predicted octanol–water partition coefficient (Wildman–Crippen LogP) is 4.24. The summed E-state index contributed by atoms with van der Waals surface area (Å²) in [4.78, 5) is 14.8. The molecule has 0 aliphatic heterocycles. The topological polar surface area (TPSA) is 20.3 Å². The number of ketones is 1. The van der Waals surface area contributed by atoms with Crippen LogP contribution in [0.2, 0.25) is 4.34 Å². The third-order valence-corrected chi connectivity index (χ3v) is 3.93. The zero-order valence-corrected chi connectivity index (χ0v) is 11.9. The Morgan fingerprint density at radius 3 is 2.61 bits per heavy atom. The summed E-state index contributed by atoms with van der Waals surface area (Å²) in [7, 11) is 1.98. The highest BCUT2D eigenvalue weighted by Crippen LogP contribution is 2.26. The fraction of sp³-hybridized carbons (Fsp3) is 0.214. The number of hydrogen-bond donors (Lipinski definition) is 0. The summed E-state index contributed by atoms with van der Waals surface area (Å²) in [5, 5.41) is 0. The fourth-order valence-corrected chi connectivity index (χ4v) is 3.00. The van der Waals surface area contributed by atoms with Crippen LogP contribution in [-0.4, -0.2) is 12.8 Å². The maximum atomic E-state index is 11.6. The summed E-state index contributed by atoms with van der Waals surface area (Å²) >= 11 is 7.48. The highest BCUT2D eigenvalue weighted by molar-refractivity contribution is 7.16.